The SMILES string of the molecule is CCCNC1CCC(C)(c2cccc3ncccc23)C1. The van der Waals surface area contributed by atoms with Gasteiger partial charge in [0.15, 0.2) is 0 Å². The number of aromatic nitrogens is 1. The molecule has 2 unspecified atom stereocenters. The van der Waals surface area contributed by atoms with Crippen LogP contribution in [0.1, 0.15) is 45.1 Å². The molecular formula is C18H24N2. The Balaban J connectivity index is 1.91. The zero-order chi connectivity index (χ0) is 14.0. The van der Waals surface area contributed by atoms with Crippen molar-refractivity contribution in [2.45, 2.75) is 51.0 Å². The van der Waals surface area contributed by atoms with Crippen molar-refractivity contribution >= 4 is 10.9 Å². The molecule has 2 aromatic rings. The van der Waals surface area contributed by atoms with E-state index in [4.69, 9.17) is 0 Å². The van der Waals surface area contributed by atoms with Gasteiger partial charge in [0.2, 0.25) is 0 Å². The van der Waals surface area contributed by atoms with Gasteiger partial charge in [0.1, 0.15) is 0 Å². The molecule has 0 spiro atoms. The van der Waals surface area contributed by atoms with Gasteiger partial charge in [-0.2, -0.15) is 0 Å². The Morgan fingerprint density at radius 1 is 1.30 bits per heavy atom. The Morgan fingerprint density at radius 3 is 3.05 bits per heavy atom. The average molecular weight is 268 g/mol. The van der Waals surface area contributed by atoms with Crippen LogP contribution in [0.15, 0.2) is 36.5 Å². The molecule has 2 heteroatoms. The Kier molecular flexibility index (Phi) is 3.75. The zero-order valence-corrected chi connectivity index (χ0v) is 12.5. The Bertz CT molecular complexity index is 587. The average Bonchev–Trinajstić information content (AvgIpc) is 2.87. The summed E-state index contributed by atoms with van der Waals surface area (Å²) >= 11 is 0. The van der Waals surface area contributed by atoms with Crippen LogP contribution >= 0.6 is 0 Å². The lowest BCUT2D eigenvalue weighted by atomic mass is 9.79. The molecule has 3 rings (SSSR count). The highest BCUT2D eigenvalue weighted by Gasteiger charge is 2.37. The summed E-state index contributed by atoms with van der Waals surface area (Å²) in [6.45, 7) is 5.79. The van der Waals surface area contributed by atoms with E-state index in [2.05, 4.69) is 54.5 Å². The maximum Gasteiger partial charge on any atom is 0.0704 e. The number of fused-ring (bicyclic) bond motifs is 1. The molecule has 1 aromatic heterocycles. The van der Waals surface area contributed by atoms with E-state index < -0.39 is 0 Å². The Hall–Kier alpha value is -1.41. The van der Waals surface area contributed by atoms with Crippen molar-refractivity contribution in [2.24, 2.45) is 0 Å². The van der Waals surface area contributed by atoms with Gasteiger partial charge in [0, 0.05) is 17.6 Å². The number of nitrogens with one attached hydrogen (secondary N) is 1. The first kappa shape index (κ1) is 13.6. The minimum Gasteiger partial charge on any atom is -0.314 e. The van der Waals surface area contributed by atoms with Crippen molar-refractivity contribution in [2.75, 3.05) is 6.54 Å². The van der Waals surface area contributed by atoms with Gasteiger partial charge in [-0.05, 0) is 55.3 Å². The summed E-state index contributed by atoms with van der Waals surface area (Å²) < 4.78 is 0. The summed E-state index contributed by atoms with van der Waals surface area (Å²) in [7, 11) is 0. The third-order valence-electron chi connectivity index (χ3n) is 4.72. The molecule has 0 bridgehead atoms. The number of hydrogen-bond donors (Lipinski definition) is 1. The fraction of sp³-hybridized carbons (Fsp3) is 0.500. The quantitative estimate of drug-likeness (QED) is 0.905. The largest absolute Gasteiger partial charge is 0.314 e. The van der Waals surface area contributed by atoms with E-state index in [1.807, 2.05) is 6.20 Å². The molecule has 1 aromatic carbocycles. The topological polar surface area (TPSA) is 24.9 Å². The molecule has 0 saturated heterocycles. The van der Waals surface area contributed by atoms with Crippen LogP contribution in [0.4, 0.5) is 0 Å². The standard InChI is InChI=1S/C18H24N2/c1-3-11-19-14-9-10-18(2,13-14)16-7-4-8-17-15(16)6-5-12-20-17/h4-8,12,14,19H,3,9-11,13H2,1-2H3. The first-order valence-corrected chi connectivity index (χ1v) is 7.80. The van der Waals surface area contributed by atoms with Crippen LogP contribution in [0.3, 0.4) is 0 Å². The maximum atomic E-state index is 4.50. The van der Waals surface area contributed by atoms with E-state index >= 15 is 0 Å². The fourth-order valence-corrected chi connectivity index (χ4v) is 3.64. The van der Waals surface area contributed by atoms with E-state index in [1.165, 1.54) is 36.6 Å². The smallest absolute Gasteiger partial charge is 0.0704 e. The normalized spacial score (nSPS) is 26.2. The van der Waals surface area contributed by atoms with Crippen LogP contribution in [-0.4, -0.2) is 17.6 Å². The second-order valence-corrected chi connectivity index (χ2v) is 6.33. The summed E-state index contributed by atoms with van der Waals surface area (Å²) in [4.78, 5) is 4.50. The molecule has 0 amide bonds. The van der Waals surface area contributed by atoms with Crippen LogP contribution in [0.2, 0.25) is 0 Å². The number of rotatable bonds is 4. The van der Waals surface area contributed by atoms with E-state index in [0.29, 0.717) is 6.04 Å². The molecule has 0 aliphatic heterocycles. The maximum absolute atomic E-state index is 4.50. The molecule has 20 heavy (non-hydrogen) atoms. The van der Waals surface area contributed by atoms with Crippen LogP contribution in [0.5, 0.6) is 0 Å². The highest BCUT2D eigenvalue weighted by atomic mass is 14.9. The highest BCUT2D eigenvalue weighted by Crippen LogP contribution is 2.43. The van der Waals surface area contributed by atoms with Crippen LogP contribution < -0.4 is 5.32 Å². The van der Waals surface area contributed by atoms with Crippen molar-refractivity contribution < 1.29 is 0 Å². The van der Waals surface area contributed by atoms with Gasteiger partial charge < -0.3 is 5.32 Å². The lowest BCUT2D eigenvalue weighted by Gasteiger charge is -2.26. The predicted octanol–water partition coefficient (Wildman–Crippen LogP) is 4.04. The highest BCUT2D eigenvalue weighted by molar-refractivity contribution is 5.83. The molecule has 1 aliphatic carbocycles. The Morgan fingerprint density at radius 2 is 2.20 bits per heavy atom. The van der Waals surface area contributed by atoms with Crippen LogP contribution in [0.25, 0.3) is 10.9 Å². The van der Waals surface area contributed by atoms with Crippen molar-refractivity contribution in [1.29, 1.82) is 0 Å². The van der Waals surface area contributed by atoms with Gasteiger partial charge in [-0.3, -0.25) is 4.98 Å². The molecule has 2 atom stereocenters. The molecule has 1 heterocycles. The molecule has 0 radical (unpaired) electrons. The van der Waals surface area contributed by atoms with Crippen molar-refractivity contribution in [1.82, 2.24) is 10.3 Å². The minimum atomic E-state index is 0.286. The molecule has 1 fully saturated rings. The van der Waals surface area contributed by atoms with Gasteiger partial charge in [-0.15, -0.1) is 0 Å². The third kappa shape index (κ3) is 2.45. The summed E-state index contributed by atoms with van der Waals surface area (Å²) in [5.74, 6) is 0. The molecule has 1 saturated carbocycles. The van der Waals surface area contributed by atoms with Crippen molar-refractivity contribution in [3.63, 3.8) is 0 Å². The van der Waals surface area contributed by atoms with Gasteiger partial charge in [0.05, 0.1) is 5.52 Å². The van der Waals surface area contributed by atoms with E-state index in [-0.39, 0.29) is 5.41 Å². The second-order valence-electron chi connectivity index (χ2n) is 6.33. The number of hydrogen-bond acceptors (Lipinski definition) is 2. The number of benzene rings is 1. The van der Waals surface area contributed by atoms with Crippen molar-refractivity contribution in [3.8, 4) is 0 Å². The Labute approximate surface area is 121 Å². The summed E-state index contributed by atoms with van der Waals surface area (Å²) in [5, 5.41) is 5.02. The summed E-state index contributed by atoms with van der Waals surface area (Å²) in [6.07, 6.45) is 6.89. The third-order valence-corrected chi connectivity index (χ3v) is 4.72. The van der Waals surface area contributed by atoms with Gasteiger partial charge in [-0.1, -0.05) is 32.0 Å². The molecule has 106 valence electrons. The van der Waals surface area contributed by atoms with E-state index in [0.717, 1.165) is 12.1 Å². The first-order chi connectivity index (χ1) is 9.73. The lowest BCUT2D eigenvalue weighted by molar-refractivity contribution is 0.455. The summed E-state index contributed by atoms with van der Waals surface area (Å²) in [5.41, 5.74) is 2.88. The first-order valence-electron chi connectivity index (χ1n) is 7.80. The lowest BCUT2D eigenvalue weighted by Crippen LogP contribution is -2.29. The second kappa shape index (κ2) is 5.53. The molecule has 2 nitrogen and oxygen atoms in total. The fourth-order valence-electron chi connectivity index (χ4n) is 3.64. The predicted molar refractivity (Wildman–Crippen MR) is 85.0 cm³/mol. The van der Waals surface area contributed by atoms with Crippen LogP contribution in [0, 0.1) is 0 Å². The summed E-state index contributed by atoms with van der Waals surface area (Å²) in [6, 6.07) is 11.5. The van der Waals surface area contributed by atoms with Gasteiger partial charge >= 0.3 is 0 Å². The zero-order valence-electron chi connectivity index (χ0n) is 12.5. The van der Waals surface area contributed by atoms with E-state index in [1.54, 1.807) is 0 Å². The van der Waals surface area contributed by atoms with Crippen molar-refractivity contribution in [3.05, 3.63) is 42.1 Å². The molecule has 1 aliphatic rings. The molecule has 1 N–H and O–H groups in total. The van der Waals surface area contributed by atoms with E-state index in [9.17, 15) is 0 Å². The van der Waals surface area contributed by atoms with Gasteiger partial charge in [-0.25, -0.2) is 0 Å². The minimum absolute atomic E-state index is 0.286. The van der Waals surface area contributed by atoms with Crippen LogP contribution in [-0.2, 0) is 5.41 Å². The number of pyridine rings is 1. The molecular weight excluding hydrogens is 244 g/mol. The monoisotopic (exact) mass is 268 g/mol. The van der Waals surface area contributed by atoms with Gasteiger partial charge in [0.25, 0.3) is 0 Å². The number of nitrogens with zero attached hydrogens (tertiary/aromatic N) is 1.